The number of carbonyl (C=O) groups is 1. The van der Waals surface area contributed by atoms with Crippen LogP contribution in [0.5, 0.6) is 11.5 Å². The van der Waals surface area contributed by atoms with Crippen molar-refractivity contribution in [2.45, 2.75) is 6.42 Å². The Labute approximate surface area is 111 Å². The number of nitrogens with one attached hydrogen (secondary N) is 2. The van der Waals surface area contributed by atoms with Crippen LogP contribution in [0.1, 0.15) is 6.42 Å². The number of anilines is 1. The molecule has 100 valence electrons. The van der Waals surface area contributed by atoms with Crippen LogP contribution in [0.4, 0.5) is 5.69 Å². The van der Waals surface area contributed by atoms with Crippen molar-refractivity contribution in [1.29, 1.82) is 0 Å². The van der Waals surface area contributed by atoms with Crippen LogP contribution in [0.2, 0.25) is 5.02 Å². The molecule has 0 aliphatic heterocycles. The Morgan fingerprint density at radius 2 is 1.94 bits per heavy atom. The number of rotatable bonds is 6. The van der Waals surface area contributed by atoms with Crippen molar-refractivity contribution >= 4 is 23.2 Å². The lowest BCUT2D eigenvalue weighted by Gasteiger charge is -2.13. The summed E-state index contributed by atoms with van der Waals surface area (Å²) in [6.07, 6.45) is 0.378. The van der Waals surface area contributed by atoms with Crippen molar-refractivity contribution in [3.8, 4) is 11.5 Å². The first-order valence-electron chi connectivity index (χ1n) is 5.48. The second kappa shape index (κ2) is 7.08. The third-order valence-electron chi connectivity index (χ3n) is 2.35. The van der Waals surface area contributed by atoms with E-state index in [9.17, 15) is 4.79 Å². The fraction of sp³-hybridized carbons (Fsp3) is 0.417. The quantitative estimate of drug-likeness (QED) is 0.830. The molecule has 0 saturated heterocycles. The van der Waals surface area contributed by atoms with Gasteiger partial charge in [-0.3, -0.25) is 4.79 Å². The second-order valence-corrected chi connectivity index (χ2v) is 4.00. The van der Waals surface area contributed by atoms with Gasteiger partial charge in [-0.15, -0.1) is 0 Å². The second-order valence-electron chi connectivity index (χ2n) is 3.59. The predicted molar refractivity (Wildman–Crippen MR) is 71.7 cm³/mol. The molecule has 0 bridgehead atoms. The molecular weight excluding hydrogens is 256 g/mol. The Hall–Kier alpha value is -1.46. The highest BCUT2D eigenvalue weighted by Crippen LogP contribution is 2.35. The molecule has 18 heavy (non-hydrogen) atoms. The third kappa shape index (κ3) is 3.78. The number of halogens is 1. The number of carbonyl (C=O) groups excluding carboxylic acids is 1. The average molecular weight is 273 g/mol. The minimum atomic E-state index is -0.108. The van der Waals surface area contributed by atoms with Crippen LogP contribution in [-0.4, -0.2) is 33.7 Å². The maximum atomic E-state index is 11.6. The molecule has 0 aromatic heterocycles. The maximum Gasteiger partial charge on any atom is 0.225 e. The van der Waals surface area contributed by atoms with Gasteiger partial charge in [-0.05, 0) is 13.1 Å². The van der Waals surface area contributed by atoms with Gasteiger partial charge in [-0.2, -0.15) is 0 Å². The van der Waals surface area contributed by atoms with E-state index < -0.39 is 0 Å². The van der Waals surface area contributed by atoms with Gasteiger partial charge in [-0.1, -0.05) is 11.6 Å². The van der Waals surface area contributed by atoms with Crippen LogP contribution in [0.3, 0.4) is 0 Å². The van der Waals surface area contributed by atoms with Crippen molar-refractivity contribution in [3.63, 3.8) is 0 Å². The van der Waals surface area contributed by atoms with E-state index in [1.165, 1.54) is 14.2 Å². The molecule has 1 aromatic carbocycles. The third-order valence-corrected chi connectivity index (χ3v) is 2.65. The lowest BCUT2D eigenvalue weighted by atomic mass is 10.2. The number of amides is 1. The van der Waals surface area contributed by atoms with Crippen LogP contribution in [0, 0.1) is 0 Å². The summed E-state index contributed by atoms with van der Waals surface area (Å²) in [4.78, 5) is 11.6. The van der Waals surface area contributed by atoms with Gasteiger partial charge >= 0.3 is 0 Å². The fourth-order valence-corrected chi connectivity index (χ4v) is 1.65. The van der Waals surface area contributed by atoms with Gasteiger partial charge in [0.2, 0.25) is 5.91 Å². The molecule has 2 N–H and O–H groups in total. The molecule has 0 heterocycles. The molecular formula is C12H17ClN2O3. The highest BCUT2D eigenvalue weighted by Gasteiger charge is 2.12. The van der Waals surface area contributed by atoms with E-state index in [4.69, 9.17) is 21.1 Å². The molecule has 0 aliphatic carbocycles. The highest BCUT2D eigenvalue weighted by atomic mass is 35.5. The molecule has 1 amide bonds. The van der Waals surface area contributed by atoms with E-state index in [2.05, 4.69) is 10.6 Å². The van der Waals surface area contributed by atoms with Crippen LogP contribution < -0.4 is 20.1 Å². The molecule has 0 atom stereocenters. The normalized spacial score (nSPS) is 10.0. The van der Waals surface area contributed by atoms with Gasteiger partial charge in [0.15, 0.2) is 0 Å². The smallest absolute Gasteiger partial charge is 0.225 e. The van der Waals surface area contributed by atoms with Crippen LogP contribution in [-0.2, 0) is 4.79 Å². The first kappa shape index (κ1) is 14.6. The van der Waals surface area contributed by atoms with E-state index >= 15 is 0 Å². The summed E-state index contributed by atoms with van der Waals surface area (Å²) in [5, 5.41) is 6.07. The zero-order valence-electron chi connectivity index (χ0n) is 10.7. The van der Waals surface area contributed by atoms with Crippen LogP contribution in [0.25, 0.3) is 0 Å². The minimum Gasteiger partial charge on any atom is -0.495 e. The van der Waals surface area contributed by atoms with Crippen LogP contribution in [0.15, 0.2) is 12.1 Å². The summed E-state index contributed by atoms with van der Waals surface area (Å²) in [7, 11) is 4.83. The number of methoxy groups -OCH3 is 2. The van der Waals surface area contributed by atoms with E-state index in [-0.39, 0.29) is 5.91 Å². The minimum absolute atomic E-state index is 0.108. The Morgan fingerprint density at radius 1 is 1.28 bits per heavy atom. The lowest BCUT2D eigenvalue weighted by molar-refractivity contribution is -0.116. The summed E-state index contributed by atoms with van der Waals surface area (Å²) in [6.45, 7) is 0.609. The average Bonchev–Trinajstić information content (AvgIpc) is 2.36. The van der Waals surface area contributed by atoms with Crippen molar-refractivity contribution in [2.24, 2.45) is 0 Å². The largest absolute Gasteiger partial charge is 0.495 e. The summed E-state index contributed by atoms with van der Waals surface area (Å²) in [5.41, 5.74) is 0.532. The summed E-state index contributed by atoms with van der Waals surface area (Å²) < 4.78 is 10.3. The molecule has 5 nitrogen and oxygen atoms in total. The molecule has 0 saturated carbocycles. The SMILES string of the molecule is CNCCC(=O)Nc1cc(Cl)c(OC)cc1OC. The van der Waals surface area contributed by atoms with Crippen molar-refractivity contribution in [3.05, 3.63) is 17.2 Å². The Bertz CT molecular complexity index is 424. The van der Waals surface area contributed by atoms with Gasteiger partial charge < -0.3 is 20.1 Å². The Morgan fingerprint density at radius 3 is 2.50 bits per heavy atom. The first-order valence-corrected chi connectivity index (χ1v) is 5.86. The van der Waals surface area contributed by atoms with E-state index in [1.807, 2.05) is 0 Å². The Balaban J connectivity index is 2.87. The standard InChI is InChI=1S/C12H17ClN2O3/c1-14-5-4-12(16)15-9-6-8(13)10(17-2)7-11(9)18-3/h6-7,14H,4-5H2,1-3H3,(H,15,16). The van der Waals surface area contributed by atoms with Gasteiger partial charge in [0.25, 0.3) is 0 Å². The number of benzene rings is 1. The zero-order chi connectivity index (χ0) is 13.5. The van der Waals surface area contributed by atoms with Gasteiger partial charge in [0.1, 0.15) is 11.5 Å². The number of hydrogen-bond acceptors (Lipinski definition) is 4. The van der Waals surface area contributed by atoms with E-state index in [0.717, 1.165) is 0 Å². The molecule has 0 spiro atoms. The molecule has 1 rings (SSSR count). The Kier molecular flexibility index (Phi) is 5.74. The predicted octanol–water partition coefficient (Wildman–Crippen LogP) is 1.91. The molecule has 0 aliphatic rings. The van der Waals surface area contributed by atoms with Gasteiger partial charge in [0.05, 0.1) is 24.9 Å². The van der Waals surface area contributed by atoms with Crippen molar-refractivity contribution < 1.29 is 14.3 Å². The van der Waals surface area contributed by atoms with E-state index in [1.54, 1.807) is 19.2 Å². The summed E-state index contributed by atoms with van der Waals surface area (Å²) >= 11 is 6.00. The maximum absolute atomic E-state index is 11.6. The number of ether oxygens (including phenoxy) is 2. The molecule has 0 unspecified atom stereocenters. The van der Waals surface area contributed by atoms with Crippen molar-refractivity contribution in [1.82, 2.24) is 5.32 Å². The highest BCUT2D eigenvalue weighted by molar-refractivity contribution is 6.32. The fourth-order valence-electron chi connectivity index (χ4n) is 1.41. The molecule has 1 aromatic rings. The molecule has 6 heteroatoms. The molecule has 0 radical (unpaired) electrons. The van der Waals surface area contributed by atoms with Gasteiger partial charge in [-0.25, -0.2) is 0 Å². The van der Waals surface area contributed by atoms with Crippen LogP contribution >= 0.6 is 11.6 Å². The first-order chi connectivity index (χ1) is 8.62. The monoisotopic (exact) mass is 272 g/mol. The summed E-state index contributed by atoms with van der Waals surface area (Å²) in [6, 6.07) is 3.24. The van der Waals surface area contributed by atoms with Crippen molar-refractivity contribution in [2.75, 3.05) is 33.1 Å². The topological polar surface area (TPSA) is 59.6 Å². The van der Waals surface area contributed by atoms with E-state index in [0.29, 0.717) is 35.2 Å². The summed E-state index contributed by atoms with van der Waals surface area (Å²) in [5.74, 6) is 0.902. The zero-order valence-corrected chi connectivity index (χ0v) is 11.4. The lowest BCUT2D eigenvalue weighted by Crippen LogP contribution is -2.19. The number of hydrogen-bond donors (Lipinski definition) is 2. The molecule has 0 fully saturated rings. The van der Waals surface area contributed by atoms with Gasteiger partial charge in [0, 0.05) is 19.0 Å².